The van der Waals surface area contributed by atoms with Gasteiger partial charge in [-0.25, -0.2) is 0 Å². The highest BCUT2D eigenvalue weighted by molar-refractivity contribution is 5.80. The Balaban J connectivity index is 2.85. The van der Waals surface area contributed by atoms with E-state index >= 15 is 0 Å². The van der Waals surface area contributed by atoms with Crippen LogP contribution in [0.25, 0.3) is 0 Å². The van der Waals surface area contributed by atoms with Crippen LogP contribution in [-0.2, 0) is 0 Å². The van der Waals surface area contributed by atoms with Gasteiger partial charge in [0, 0.05) is 0 Å². The molecule has 0 aliphatic rings. The molecule has 0 aliphatic heterocycles. The number of benzene rings is 1. The molecule has 0 aromatic heterocycles. The number of nitrogens with zero attached hydrogens (tertiary/aromatic N) is 1. The molecule has 0 atom stereocenters. The number of allylic oxidation sites excluding steroid dienone is 1. The summed E-state index contributed by atoms with van der Waals surface area (Å²) >= 11 is 0. The Bertz CT molecular complexity index is 435. The average molecular weight is 248 g/mol. The SMILES string of the molecule is CCOc1cc(C=NN)ccc1OCC=C(C)C. The number of rotatable bonds is 6. The normalized spacial score (nSPS) is 10.4. The highest BCUT2D eigenvalue weighted by atomic mass is 16.5. The van der Waals surface area contributed by atoms with E-state index in [0.29, 0.717) is 19.0 Å². The maximum absolute atomic E-state index is 5.66. The number of nitrogens with two attached hydrogens (primary N) is 1. The van der Waals surface area contributed by atoms with Gasteiger partial charge < -0.3 is 15.3 Å². The summed E-state index contributed by atoms with van der Waals surface area (Å²) in [5.74, 6) is 6.56. The molecule has 1 aromatic rings. The van der Waals surface area contributed by atoms with Crippen LogP contribution in [0.15, 0.2) is 34.9 Å². The van der Waals surface area contributed by atoms with Crippen LogP contribution >= 0.6 is 0 Å². The van der Waals surface area contributed by atoms with Crippen LogP contribution in [0, 0.1) is 0 Å². The first-order chi connectivity index (χ1) is 8.67. The molecule has 0 aliphatic carbocycles. The molecule has 0 fully saturated rings. The van der Waals surface area contributed by atoms with Crippen molar-refractivity contribution in [1.29, 1.82) is 0 Å². The fraction of sp³-hybridized carbons (Fsp3) is 0.357. The maximum atomic E-state index is 5.66. The molecule has 2 N–H and O–H groups in total. The van der Waals surface area contributed by atoms with Crippen LogP contribution < -0.4 is 15.3 Å². The first kappa shape index (κ1) is 14.1. The van der Waals surface area contributed by atoms with E-state index in [0.717, 1.165) is 11.3 Å². The van der Waals surface area contributed by atoms with Crippen molar-refractivity contribution in [1.82, 2.24) is 0 Å². The molecule has 0 saturated heterocycles. The van der Waals surface area contributed by atoms with Crippen molar-refractivity contribution in [3.63, 3.8) is 0 Å². The summed E-state index contributed by atoms with van der Waals surface area (Å²) < 4.78 is 11.2. The highest BCUT2D eigenvalue weighted by Crippen LogP contribution is 2.28. The van der Waals surface area contributed by atoms with Gasteiger partial charge >= 0.3 is 0 Å². The molecule has 4 nitrogen and oxygen atoms in total. The summed E-state index contributed by atoms with van der Waals surface area (Å²) in [5, 5.41) is 3.49. The third kappa shape index (κ3) is 4.49. The largest absolute Gasteiger partial charge is 0.490 e. The minimum Gasteiger partial charge on any atom is -0.490 e. The van der Waals surface area contributed by atoms with E-state index in [4.69, 9.17) is 15.3 Å². The van der Waals surface area contributed by atoms with Gasteiger partial charge in [-0.1, -0.05) is 5.57 Å². The Morgan fingerprint density at radius 1 is 1.28 bits per heavy atom. The summed E-state index contributed by atoms with van der Waals surface area (Å²) in [6.07, 6.45) is 3.59. The molecule has 0 bridgehead atoms. The lowest BCUT2D eigenvalue weighted by Gasteiger charge is -2.11. The summed E-state index contributed by atoms with van der Waals surface area (Å²) in [5.41, 5.74) is 2.11. The molecule has 1 aromatic carbocycles. The fourth-order valence-corrected chi connectivity index (χ4v) is 1.38. The van der Waals surface area contributed by atoms with Gasteiger partial charge in [0.15, 0.2) is 11.5 Å². The van der Waals surface area contributed by atoms with Crippen molar-refractivity contribution in [3.8, 4) is 11.5 Å². The second kappa shape index (κ2) is 7.37. The number of ether oxygens (including phenoxy) is 2. The van der Waals surface area contributed by atoms with E-state index in [1.165, 1.54) is 5.57 Å². The van der Waals surface area contributed by atoms with Gasteiger partial charge in [-0.3, -0.25) is 0 Å². The van der Waals surface area contributed by atoms with Gasteiger partial charge in [-0.2, -0.15) is 5.10 Å². The molecule has 0 saturated carbocycles. The van der Waals surface area contributed by atoms with Crippen molar-refractivity contribution in [2.24, 2.45) is 10.9 Å². The zero-order valence-corrected chi connectivity index (χ0v) is 11.1. The van der Waals surface area contributed by atoms with Crippen LogP contribution in [0.2, 0.25) is 0 Å². The quantitative estimate of drug-likeness (QED) is 0.364. The molecule has 0 amide bonds. The zero-order valence-electron chi connectivity index (χ0n) is 11.1. The average Bonchev–Trinajstić information content (AvgIpc) is 2.32. The van der Waals surface area contributed by atoms with Crippen LogP contribution in [0.5, 0.6) is 11.5 Å². The molecule has 1 rings (SSSR count). The molecule has 0 unspecified atom stereocenters. The Kier molecular flexibility index (Phi) is 5.77. The van der Waals surface area contributed by atoms with Crippen molar-refractivity contribution in [3.05, 3.63) is 35.4 Å². The Morgan fingerprint density at radius 3 is 2.67 bits per heavy atom. The minimum absolute atomic E-state index is 0.534. The standard InChI is InChI=1S/C14H20N2O2/c1-4-17-14-9-12(10-16-15)5-6-13(14)18-8-7-11(2)3/h5-7,9-10H,4,8,15H2,1-3H3. The van der Waals surface area contributed by atoms with E-state index in [2.05, 4.69) is 5.10 Å². The van der Waals surface area contributed by atoms with Gasteiger partial charge in [0.25, 0.3) is 0 Å². The third-order valence-electron chi connectivity index (χ3n) is 2.22. The molecule has 0 radical (unpaired) electrons. The first-order valence-electron chi connectivity index (χ1n) is 5.93. The van der Waals surface area contributed by atoms with E-state index in [1.807, 2.05) is 45.0 Å². The van der Waals surface area contributed by atoms with Gasteiger partial charge in [0.05, 0.1) is 12.8 Å². The zero-order chi connectivity index (χ0) is 13.4. The van der Waals surface area contributed by atoms with Gasteiger partial charge in [-0.05, 0) is 50.6 Å². The van der Waals surface area contributed by atoms with Crippen molar-refractivity contribution in [2.45, 2.75) is 20.8 Å². The topological polar surface area (TPSA) is 56.8 Å². The summed E-state index contributed by atoms with van der Waals surface area (Å²) in [6.45, 7) is 7.12. The lowest BCUT2D eigenvalue weighted by atomic mass is 10.2. The third-order valence-corrected chi connectivity index (χ3v) is 2.22. The Morgan fingerprint density at radius 2 is 2.06 bits per heavy atom. The van der Waals surface area contributed by atoms with Crippen LogP contribution in [0.4, 0.5) is 0 Å². The van der Waals surface area contributed by atoms with Crippen LogP contribution in [-0.4, -0.2) is 19.4 Å². The Hall–Kier alpha value is -1.97. The number of hydrogen-bond donors (Lipinski definition) is 1. The summed E-state index contributed by atoms with van der Waals surface area (Å²) in [4.78, 5) is 0. The lowest BCUT2D eigenvalue weighted by molar-refractivity contribution is 0.296. The molecule has 0 heterocycles. The van der Waals surface area contributed by atoms with Gasteiger partial charge in [0.1, 0.15) is 6.61 Å². The first-order valence-corrected chi connectivity index (χ1v) is 5.93. The summed E-state index contributed by atoms with van der Waals surface area (Å²) in [7, 11) is 0. The van der Waals surface area contributed by atoms with Crippen molar-refractivity contribution in [2.75, 3.05) is 13.2 Å². The minimum atomic E-state index is 0.534. The molecule has 98 valence electrons. The van der Waals surface area contributed by atoms with E-state index in [9.17, 15) is 0 Å². The van der Waals surface area contributed by atoms with Crippen LogP contribution in [0.3, 0.4) is 0 Å². The molecular weight excluding hydrogens is 228 g/mol. The molecule has 0 spiro atoms. The second-order valence-corrected chi connectivity index (χ2v) is 4.01. The highest BCUT2D eigenvalue weighted by Gasteiger charge is 2.05. The fourth-order valence-electron chi connectivity index (χ4n) is 1.38. The molecular formula is C14H20N2O2. The Labute approximate surface area is 108 Å². The number of hydrogen-bond acceptors (Lipinski definition) is 4. The van der Waals surface area contributed by atoms with Gasteiger partial charge in [-0.15, -0.1) is 0 Å². The monoisotopic (exact) mass is 248 g/mol. The van der Waals surface area contributed by atoms with E-state index in [-0.39, 0.29) is 0 Å². The van der Waals surface area contributed by atoms with Gasteiger partial charge in [0.2, 0.25) is 0 Å². The lowest BCUT2D eigenvalue weighted by Crippen LogP contribution is -2.00. The van der Waals surface area contributed by atoms with Crippen molar-refractivity contribution < 1.29 is 9.47 Å². The van der Waals surface area contributed by atoms with E-state index < -0.39 is 0 Å². The summed E-state index contributed by atoms with van der Waals surface area (Å²) in [6, 6.07) is 5.61. The second-order valence-electron chi connectivity index (χ2n) is 4.01. The van der Waals surface area contributed by atoms with E-state index in [1.54, 1.807) is 6.21 Å². The van der Waals surface area contributed by atoms with Crippen molar-refractivity contribution >= 4 is 6.21 Å². The molecule has 18 heavy (non-hydrogen) atoms. The number of hydrazone groups is 1. The molecule has 4 heteroatoms. The predicted molar refractivity (Wildman–Crippen MR) is 74.3 cm³/mol. The smallest absolute Gasteiger partial charge is 0.161 e. The predicted octanol–water partition coefficient (Wildman–Crippen LogP) is 2.72. The maximum Gasteiger partial charge on any atom is 0.161 e. The van der Waals surface area contributed by atoms with Crippen LogP contribution in [0.1, 0.15) is 26.3 Å².